The maximum absolute atomic E-state index is 12.3. The van der Waals surface area contributed by atoms with E-state index >= 15 is 0 Å². The minimum Gasteiger partial charge on any atom is -0.507 e. The van der Waals surface area contributed by atoms with Crippen LogP contribution in [0.4, 0.5) is 5.69 Å². The van der Waals surface area contributed by atoms with Crippen LogP contribution in [0.1, 0.15) is 11.1 Å². The average Bonchev–Trinajstić information content (AvgIpc) is 3.16. The lowest BCUT2D eigenvalue weighted by molar-refractivity contribution is -0.119. The first kappa shape index (κ1) is 21.2. The van der Waals surface area contributed by atoms with Crippen LogP contribution in [0.25, 0.3) is 20.8 Å². The van der Waals surface area contributed by atoms with Crippen molar-refractivity contribution in [2.75, 3.05) is 5.32 Å². The number of phenols is 1. The van der Waals surface area contributed by atoms with Gasteiger partial charge in [-0.15, -0.1) is 11.3 Å². The summed E-state index contributed by atoms with van der Waals surface area (Å²) >= 11 is 12.7. The van der Waals surface area contributed by atoms with Crippen molar-refractivity contribution in [1.82, 2.24) is 10.3 Å². The Morgan fingerprint density at radius 1 is 1.16 bits per heavy atom. The number of phenolic OH excluding ortho intramolecular Hbond substituents is 1. The van der Waals surface area contributed by atoms with Crippen LogP contribution in [-0.4, -0.2) is 21.1 Å². The van der Waals surface area contributed by atoms with Crippen LogP contribution >= 0.6 is 35.2 Å². The van der Waals surface area contributed by atoms with Crippen molar-refractivity contribution in [3.63, 3.8) is 0 Å². The number of rotatable bonds is 4. The number of fused-ring (bicyclic) bond motifs is 1. The predicted molar refractivity (Wildman–Crippen MR) is 131 cm³/mol. The molecule has 4 aromatic rings. The summed E-state index contributed by atoms with van der Waals surface area (Å²) in [6.07, 6.45) is 0.185. The quantitative estimate of drug-likeness (QED) is 0.266. The maximum atomic E-state index is 12.3. The number of nitrogens with zero attached hydrogens (tertiary/aromatic N) is 1. The van der Waals surface area contributed by atoms with Crippen molar-refractivity contribution in [2.45, 2.75) is 13.3 Å². The van der Waals surface area contributed by atoms with Crippen LogP contribution in [0.5, 0.6) is 5.75 Å². The first-order chi connectivity index (χ1) is 14.9. The molecule has 8 heteroatoms. The number of halogens is 1. The molecule has 0 aliphatic carbocycles. The van der Waals surface area contributed by atoms with E-state index in [2.05, 4.69) is 15.6 Å². The average molecular weight is 468 g/mol. The molecule has 1 amide bonds. The number of aromatic nitrogens is 1. The van der Waals surface area contributed by atoms with E-state index < -0.39 is 0 Å². The summed E-state index contributed by atoms with van der Waals surface area (Å²) < 4.78 is 1.04. The first-order valence-electron chi connectivity index (χ1n) is 9.44. The number of aromatic hydroxyl groups is 1. The predicted octanol–water partition coefficient (Wildman–Crippen LogP) is 5.69. The third-order valence-corrected chi connectivity index (χ3v) is 6.14. The van der Waals surface area contributed by atoms with Crippen LogP contribution in [0.3, 0.4) is 0 Å². The monoisotopic (exact) mass is 467 g/mol. The molecular formula is C23H18ClN3O2S2. The second-order valence-electron chi connectivity index (χ2n) is 6.98. The van der Waals surface area contributed by atoms with Crippen molar-refractivity contribution in [3.8, 4) is 16.3 Å². The fourth-order valence-corrected chi connectivity index (χ4v) is 4.46. The van der Waals surface area contributed by atoms with Gasteiger partial charge >= 0.3 is 0 Å². The lowest BCUT2D eigenvalue weighted by Crippen LogP contribution is -2.35. The Morgan fingerprint density at radius 3 is 2.65 bits per heavy atom. The molecule has 0 aliphatic rings. The third kappa shape index (κ3) is 5.02. The van der Waals surface area contributed by atoms with Gasteiger partial charge < -0.3 is 15.7 Å². The van der Waals surface area contributed by atoms with Gasteiger partial charge in [0.1, 0.15) is 10.8 Å². The van der Waals surface area contributed by atoms with Crippen molar-refractivity contribution in [3.05, 3.63) is 76.8 Å². The fourth-order valence-electron chi connectivity index (χ4n) is 3.12. The SMILES string of the molecule is Cc1cc(NC(=S)NC(=O)Cc2ccc(Cl)cc2)cc(-c2nc3ccccc3s2)c1O. The van der Waals surface area contributed by atoms with E-state index in [-0.39, 0.29) is 23.2 Å². The number of carbonyl (C=O) groups excluding carboxylic acids is 1. The van der Waals surface area contributed by atoms with Crippen LogP contribution in [-0.2, 0) is 11.2 Å². The molecule has 0 unspecified atom stereocenters. The Labute approximate surface area is 193 Å². The maximum Gasteiger partial charge on any atom is 0.230 e. The molecule has 0 atom stereocenters. The normalized spacial score (nSPS) is 10.8. The Balaban J connectivity index is 1.49. The number of amides is 1. The highest BCUT2D eigenvalue weighted by atomic mass is 35.5. The van der Waals surface area contributed by atoms with Crippen molar-refractivity contribution in [2.24, 2.45) is 0 Å². The number of aryl methyl sites for hydroxylation is 1. The number of anilines is 1. The Bertz CT molecular complexity index is 1250. The Morgan fingerprint density at radius 2 is 1.90 bits per heavy atom. The molecule has 0 aliphatic heterocycles. The summed E-state index contributed by atoms with van der Waals surface area (Å²) in [7, 11) is 0. The van der Waals surface area contributed by atoms with Gasteiger partial charge in [-0.25, -0.2) is 4.98 Å². The summed E-state index contributed by atoms with van der Waals surface area (Å²) in [5.74, 6) is -0.0657. The van der Waals surface area contributed by atoms with Gasteiger partial charge in [0.15, 0.2) is 5.11 Å². The molecule has 0 radical (unpaired) electrons. The molecule has 0 fully saturated rings. The highest BCUT2D eigenvalue weighted by Gasteiger charge is 2.15. The molecule has 0 bridgehead atoms. The smallest absolute Gasteiger partial charge is 0.230 e. The molecule has 3 N–H and O–H groups in total. The van der Waals surface area contributed by atoms with Gasteiger partial charge in [0.05, 0.1) is 22.2 Å². The van der Waals surface area contributed by atoms with Gasteiger partial charge in [0, 0.05) is 10.7 Å². The van der Waals surface area contributed by atoms with E-state index in [1.54, 1.807) is 43.3 Å². The molecule has 3 aromatic carbocycles. The van der Waals surface area contributed by atoms with Crippen LogP contribution in [0.2, 0.25) is 5.02 Å². The van der Waals surface area contributed by atoms with Gasteiger partial charge in [0.25, 0.3) is 0 Å². The number of carbonyl (C=O) groups is 1. The zero-order chi connectivity index (χ0) is 22.0. The fraction of sp³-hybridized carbons (Fsp3) is 0.0870. The first-order valence-corrected chi connectivity index (χ1v) is 11.0. The molecule has 1 aromatic heterocycles. The summed E-state index contributed by atoms with van der Waals surface area (Å²) in [4.78, 5) is 16.9. The molecule has 0 saturated heterocycles. The number of nitrogens with one attached hydrogen (secondary N) is 2. The van der Waals surface area contributed by atoms with Crippen LogP contribution < -0.4 is 10.6 Å². The topological polar surface area (TPSA) is 74.2 Å². The number of benzene rings is 3. The number of para-hydroxylation sites is 1. The highest BCUT2D eigenvalue weighted by Crippen LogP contribution is 2.38. The number of thiocarbonyl (C=S) groups is 1. The van der Waals surface area contributed by atoms with Crippen molar-refractivity contribution >= 4 is 62.1 Å². The molecule has 4 rings (SSSR count). The van der Waals surface area contributed by atoms with E-state index in [0.717, 1.165) is 15.8 Å². The van der Waals surface area contributed by atoms with Gasteiger partial charge in [-0.3, -0.25) is 4.79 Å². The Kier molecular flexibility index (Phi) is 6.18. The number of hydrogen-bond acceptors (Lipinski definition) is 5. The molecular weight excluding hydrogens is 450 g/mol. The zero-order valence-corrected chi connectivity index (χ0v) is 18.9. The minimum absolute atomic E-state index is 0.169. The Hall–Kier alpha value is -3.00. The third-order valence-electron chi connectivity index (χ3n) is 4.61. The summed E-state index contributed by atoms with van der Waals surface area (Å²) in [6.45, 7) is 1.81. The lowest BCUT2D eigenvalue weighted by Gasteiger charge is -2.13. The molecule has 156 valence electrons. The van der Waals surface area contributed by atoms with E-state index in [1.807, 2.05) is 24.3 Å². The van der Waals surface area contributed by atoms with E-state index in [4.69, 9.17) is 23.8 Å². The lowest BCUT2D eigenvalue weighted by atomic mass is 10.1. The summed E-state index contributed by atoms with van der Waals surface area (Å²) in [5, 5.41) is 17.8. The van der Waals surface area contributed by atoms with Crippen molar-refractivity contribution in [1.29, 1.82) is 0 Å². The zero-order valence-electron chi connectivity index (χ0n) is 16.5. The molecule has 0 spiro atoms. The molecule has 31 heavy (non-hydrogen) atoms. The standard InChI is InChI=1S/C23H18ClN3O2S2/c1-13-10-16(25-23(30)27-20(28)11-14-6-8-15(24)9-7-14)12-17(21(13)29)22-26-18-4-2-3-5-19(18)31-22/h2-10,12,29H,11H2,1H3,(H2,25,27,28,30). The van der Waals surface area contributed by atoms with E-state index in [0.29, 0.717) is 26.8 Å². The van der Waals surface area contributed by atoms with Gasteiger partial charge in [-0.05, 0) is 66.7 Å². The second-order valence-corrected chi connectivity index (χ2v) is 8.86. The second kappa shape index (κ2) is 9.01. The van der Waals surface area contributed by atoms with Gasteiger partial charge in [0.2, 0.25) is 5.91 Å². The van der Waals surface area contributed by atoms with Crippen LogP contribution in [0.15, 0.2) is 60.7 Å². The summed E-state index contributed by atoms with van der Waals surface area (Å²) in [5.41, 5.74) is 3.65. The summed E-state index contributed by atoms with van der Waals surface area (Å²) in [6, 6.07) is 18.4. The number of hydrogen-bond donors (Lipinski definition) is 3. The van der Waals surface area contributed by atoms with E-state index in [9.17, 15) is 9.90 Å². The molecule has 0 saturated carbocycles. The van der Waals surface area contributed by atoms with Crippen LogP contribution in [0, 0.1) is 6.92 Å². The molecule has 5 nitrogen and oxygen atoms in total. The van der Waals surface area contributed by atoms with Gasteiger partial charge in [-0.2, -0.15) is 0 Å². The largest absolute Gasteiger partial charge is 0.507 e. The minimum atomic E-state index is -0.235. The number of thiazole rings is 1. The van der Waals surface area contributed by atoms with E-state index in [1.165, 1.54) is 11.3 Å². The highest BCUT2D eigenvalue weighted by molar-refractivity contribution is 7.80. The van der Waals surface area contributed by atoms with Gasteiger partial charge in [-0.1, -0.05) is 35.9 Å². The molecule has 1 heterocycles. The van der Waals surface area contributed by atoms with Crippen molar-refractivity contribution < 1.29 is 9.90 Å².